The molecular weight excluding hydrogens is 560 g/mol. The molecule has 0 saturated heterocycles. The molecule has 4 nitrogen and oxygen atoms in total. The summed E-state index contributed by atoms with van der Waals surface area (Å²) in [6.07, 6.45) is 1.72. The molecule has 0 fully saturated rings. The summed E-state index contributed by atoms with van der Waals surface area (Å²) in [7, 11) is 0. The van der Waals surface area contributed by atoms with Crippen molar-refractivity contribution in [2.24, 2.45) is 10.2 Å². The summed E-state index contributed by atoms with van der Waals surface area (Å²) in [6.45, 7) is 0. The highest BCUT2D eigenvalue weighted by molar-refractivity contribution is 6.04. The molecule has 0 spiro atoms. The summed E-state index contributed by atoms with van der Waals surface area (Å²) >= 11 is 0. The zero-order valence-corrected chi connectivity index (χ0v) is 25.5. The highest BCUT2D eigenvalue weighted by atomic mass is 15.5. The minimum atomic E-state index is 0.170. The van der Waals surface area contributed by atoms with Crippen molar-refractivity contribution in [1.82, 2.24) is 0 Å². The topological polar surface area (TPSA) is 31.2 Å². The second-order valence-corrected chi connectivity index (χ2v) is 11.9. The van der Waals surface area contributed by atoms with Gasteiger partial charge in [0.05, 0.1) is 34.9 Å². The molecule has 2 atom stereocenters. The monoisotopic (exact) mass is 594 g/mol. The van der Waals surface area contributed by atoms with E-state index in [4.69, 9.17) is 10.2 Å². The van der Waals surface area contributed by atoms with Crippen LogP contribution in [0.1, 0.15) is 47.2 Å². The van der Waals surface area contributed by atoms with Gasteiger partial charge in [-0.05, 0) is 57.6 Å². The van der Waals surface area contributed by atoms with E-state index in [1.54, 1.807) is 0 Å². The van der Waals surface area contributed by atoms with Crippen molar-refractivity contribution < 1.29 is 0 Å². The molecule has 0 amide bonds. The zero-order chi connectivity index (χ0) is 30.7. The third-order valence-electron chi connectivity index (χ3n) is 9.00. The molecule has 6 aromatic rings. The summed E-state index contributed by atoms with van der Waals surface area (Å²) in [6, 6.07) is 60.3. The largest absolute Gasteiger partial charge is 0.257 e. The number of benzene rings is 6. The fraction of sp³-hybridized carbons (Fsp3) is 0.0952. The van der Waals surface area contributed by atoms with E-state index >= 15 is 0 Å². The van der Waals surface area contributed by atoms with Gasteiger partial charge >= 0.3 is 0 Å². The number of nitrogens with zero attached hydrogens (tertiary/aromatic N) is 4. The molecule has 6 aromatic carbocycles. The smallest absolute Gasteiger partial charge is 0.0831 e. The standard InChI is InChI=1S/C42H34N4/c1-5-13-35(14-6-1)41-29-39(43-45(41)37-17-9-3-10-18-37)33-25-21-31(22-26-33)32-23-27-34(28-24-32)40-30-42(36-15-7-2-8-16-36)46(44-40)38-19-11-4-12-20-38/h1-28,41-42H,29-30H2. The van der Waals surface area contributed by atoms with Crippen LogP contribution in [0.25, 0.3) is 11.1 Å². The van der Waals surface area contributed by atoms with Crippen molar-refractivity contribution in [3.8, 4) is 11.1 Å². The van der Waals surface area contributed by atoms with Gasteiger partial charge in [0.15, 0.2) is 0 Å². The van der Waals surface area contributed by atoms with Gasteiger partial charge in [-0.25, -0.2) is 0 Å². The quantitative estimate of drug-likeness (QED) is 0.184. The minimum Gasteiger partial charge on any atom is -0.257 e. The lowest BCUT2D eigenvalue weighted by Crippen LogP contribution is -2.18. The molecule has 2 aliphatic rings. The van der Waals surface area contributed by atoms with E-state index in [-0.39, 0.29) is 12.1 Å². The fourth-order valence-corrected chi connectivity index (χ4v) is 6.59. The molecule has 46 heavy (non-hydrogen) atoms. The Balaban J connectivity index is 1.03. The van der Waals surface area contributed by atoms with Gasteiger partial charge in [-0.15, -0.1) is 0 Å². The van der Waals surface area contributed by atoms with Crippen LogP contribution in [0.5, 0.6) is 0 Å². The van der Waals surface area contributed by atoms with E-state index < -0.39 is 0 Å². The molecule has 2 aliphatic heterocycles. The molecule has 4 heteroatoms. The Morgan fingerprint density at radius 3 is 1.00 bits per heavy atom. The van der Waals surface area contributed by atoms with Crippen molar-refractivity contribution >= 4 is 22.8 Å². The molecule has 0 saturated carbocycles. The lowest BCUT2D eigenvalue weighted by molar-refractivity contribution is 0.709. The first-order valence-corrected chi connectivity index (χ1v) is 15.9. The molecule has 0 aromatic heterocycles. The van der Waals surface area contributed by atoms with Crippen LogP contribution in [0, 0.1) is 0 Å². The van der Waals surface area contributed by atoms with Gasteiger partial charge in [0.25, 0.3) is 0 Å². The van der Waals surface area contributed by atoms with Crippen LogP contribution in [-0.2, 0) is 0 Å². The molecular formula is C42H34N4. The van der Waals surface area contributed by atoms with E-state index in [1.807, 2.05) is 0 Å². The summed E-state index contributed by atoms with van der Waals surface area (Å²) in [5, 5.41) is 14.6. The van der Waals surface area contributed by atoms with Gasteiger partial charge in [-0.1, -0.05) is 146 Å². The Morgan fingerprint density at radius 1 is 0.348 bits per heavy atom. The Bertz CT molecular complexity index is 1820. The Morgan fingerprint density at radius 2 is 0.652 bits per heavy atom. The summed E-state index contributed by atoms with van der Waals surface area (Å²) < 4.78 is 0. The van der Waals surface area contributed by atoms with Gasteiger partial charge in [0, 0.05) is 12.8 Å². The second-order valence-electron chi connectivity index (χ2n) is 11.9. The molecule has 8 rings (SSSR count). The fourth-order valence-electron chi connectivity index (χ4n) is 6.59. The minimum absolute atomic E-state index is 0.170. The number of hydrogen-bond donors (Lipinski definition) is 0. The lowest BCUT2D eigenvalue weighted by Gasteiger charge is -2.23. The van der Waals surface area contributed by atoms with Gasteiger partial charge in [-0.3, -0.25) is 10.0 Å². The van der Waals surface area contributed by atoms with Gasteiger partial charge in [0.1, 0.15) is 0 Å². The molecule has 0 N–H and O–H groups in total. The lowest BCUT2D eigenvalue weighted by atomic mass is 9.95. The molecule has 2 unspecified atom stereocenters. The Labute approximate surface area is 270 Å². The van der Waals surface area contributed by atoms with Gasteiger partial charge < -0.3 is 0 Å². The second kappa shape index (κ2) is 12.3. The van der Waals surface area contributed by atoms with Crippen molar-refractivity contribution in [3.63, 3.8) is 0 Å². The SMILES string of the molecule is c1ccc(C2CC(c3ccc(-c4ccc(C5=NN(c6ccccc6)C(c6ccccc6)C5)cc4)cc3)=NN2c2ccccc2)cc1. The number of rotatable bonds is 7. The summed E-state index contributed by atoms with van der Waals surface area (Å²) in [5.74, 6) is 0. The maximum atomic E-state index is 5.13. The highest BCUT2D eigenvalue weighted by Gasteiger charge is 2.31. The molecule has 222 valence electrons. The molecule has 0 radical (unpaired) electrons. The van der Waals surface area contributed by atoms with Gasteiger partial charge in [-0.2, -0.15) is 10.2 Å². The molecule has 0 aliphatic carbocycles. The van der Waals surface area contributed by atoms with E-state index in [1.165, 1.54) is 22.3 Å². The van der Waals surface area contributed by atoms with Crippen LogP contribution < -0.4 is 10.0 Å². The third kappa shape index (κ3) is 5.50. The predicted molar refractivity (Wildman–Crippen MR) is 190 cm³/mol. The zero-order valence-electron chi connectivity index (χ0n) is 25.5. The predicted octanol–water partition coefficient (Wildman–Crippen LogP) is 10.1. The number of anilines is 2. The number of hydrazone groups is 2. The first-order chi connectivity index (χ1) is 22.8. The van der Waals surface area contributed by atoms with Crippen molar-refractivity contribution in [2.75, 3.05) is 10.0 Å². The van der Waals surface area contributed by atoms with E-state index in [2.05, 4.69) is 180 Å². The number of hydrogen-bond acceptors (Lipinski definition) is 4. The van der Waals surface area contributed by atoms with E-state index in [0.717, 1.165) is 46.8 Å². The van der Waals surface area contributed by atoms with E-state index in [0.29, 0.717) is 0 Å². The van der Waals surface area contributed by atoms with Gasteiger partial charge in [0.2, 0.25) is 0 Å². The average Bonchev–Trinajstić information content (AvgIpc) is 3.80. The van der Waals surface area contributed by atoms with Crippen molar-refractivity contribution in [3.05, 3.63) is 192 Å². The highest BCUT2D eigenvalue weighted by Crippen LogP contribution is 2.38. The summed E-state index contributed by atoms with van der Waals surface area (Å²) in [5.41, 5.74) is 11.7. The average molecular weight is 595 g/mol. The molecule has 2 heterocycles. The Hall–Kier alpha value is -5.74. The van der Waals surface area contributed by atoms with Crippen molar-refractivity contribution in [2.45, 2.75) is 24.9 Å². The van der Waals surface area contributed by atoms with Crippen LogP contribution in [-0.4, -0.2) is 11.4 Å². The first-order valence-electron chi connectivity index (χ1n) is 15.9. The van der Waals surface area contributed by atoms with E-state index in [9.17, 15) is 0 Å². The maximum Gasteiger partial charge on any atom is 0.0831 e. The molecule has 0 bridgehead atoms. The Kier molecular flexibility index (Phi) is 7.45. The summed E-state index contributed by atoms with van der Waals surface area (Å²) in [4.78, 5) is 0. The first kappa shape index (κ1) is 27.8. The van der Waals surface area contributed by atoms with Crippen LogP contribution in [0.3, 0.4) is 0 Å². The van der Waals surface area contributed by atoms with Crippen molar-refractivity contribution in [1.29, 1.82) is 0 Å². The number of para-hydroxylation sites is 2. The van der Waals surface area contributed by atoms with Crippen LogP contribution in [0.2, 0.25) is 0 Å². The van der Waals surface area contributed by atoms with Crippen LogP contribution in [0.4, 0.5) is 11.4 Å². The van der Waals surface area contributed by atoms with Crippen LogP contribution >= 0.6 is 0 Å². The maximum absolute atomic E-state index is 5.13. The normalized spacial score (nSPS) is 17.6. The third-order valence-corrected chi connectivity index (χ3v) is 9.00. The van der Waals surface area contributed by atoms with Crippen LogP contribution in [0.15, 0.2) is 180 Å².